The molecule has 1 aliphatic rings. The van der Waals surface area contributed by atoms with E-state index in [4.69, 9.17) is 21.1 Å². The molecule has 22 heavy (non-hydrogen) atoms. The monoisotopic (exact) mass is 319 g/mol. The molecule has 1 aliphatic heterocycles. The first kappa shape index (κ1) is 14.2. The zero-order valence-electron chi connectivity index (χ0n) is 11.2. The van der Waals surface area contributed by atoms with Crippen molar-refractivity contribution >= 4 is 29.2 Å². The van der Waals surface area contributed by atoms with Crippen molar-refractivity contribution < 1.29 is 14.4 Å². The van der Waals surface area contributed by atoms with Gasteiger partial charge in [-0.3, -0.25) is 15.5 Å². The van der Waals surface area contributed by atoms with Gasteiger partial charge in [0.25, 0.3) is 5.69 Å². The lowest BCUT2D eigenvalue weighted by molar-refractivity contribution is -0.384. The fourth-order valence-electron chi connectivity index (χ4n) is 1.93. The number of nitro groups is 1. The van der Waals surface area contributed by atoms with E-state index < -0.39 is 4.92 Å². The molecular weight excluding hydrogens is 310 g/mol. The first-order valence-corrected chi connectivity index (χ1v) is 6.64. The number of benzene rings is 2. The normalized spacial score (nSPS) is 12.6. The minimum Gasteiger partial charge on any atom is -0.454 e. The molecule has 0 fully saturated rings. The Morgan fingerprint density at radius 2 is 2.05 bits per heavy atom. The number of hydrazone groups is 1. The van der Waals surface area contributed by atoms with E-state index >= 15 is 0 Å². The highest BCUT2D eigenvalue weighted by Crippen LogP contribution is 2.32. The van der Waals surface area contributed by atoms with Crippen molar-refractivity contribution in [3.05, 3.63) is 57.1 Å². The molecule has 0 aromatic heterocycles. The van der Waals surface area contributed by atoms with Gasteiger partial charge in [0.05, 0.1) is 11.1 Å². The quantitative estimate of drug-likeness (QED) is 0.530. The van der Waals surface area contributed by atoms with Crippen molar-refractivity contribution in [1.82, 2.24) is 0 Å². The molecule has 0 saturated heterocycles. The standard InChI is InChI=1S/C14H10ClN3O4/c15-10-2-3-12(18(19)20)11(6-10)17-16-7-9-1-4-13-14(5-9)22-8-21-13/h1-7,17H,8H2/b16-7-. The van der Waals surface area contributed by atoms with Crippen LogP contribution in [-0.2, 0) is 0 Å². The van der Waals surface area contributed by atoms with Crippen LogP contribution in [0, 0.1) is 10.1 Å². The fraction of sp³-hybridized carbons (Fsp3) is 0.0714. The molecule has 2 aromatic rings. The van der Waals surface area contributed by atoms with Gasteiger partial charge in [0.2, 0.25) is 6.79 Å². The molecule has 1 heterocycles. The van der Waals surface area contributed by atoms with Crippen LogP contribution in [0.1, 0.15) is 5.56 Å². The summed E-state index contributed by atoms with van der Waals surface area (Å²) in [7, 11) is 0. The van der Waals surface area contributed by atoms with Crippen LogP contribution in [0.3, 0.4) is 0 Å². The van der Waals surface area contributed by atoms with Crippen LogP contribution in [0.4, 0.5) is 11.4 Å². The van der Waals surface area contributed by atoms with Crippen molar-refractivity contribution in [3.8, 4) is 11.5 Å². The number of nitro benzene ring substituents is 1. The number of rotatable bonds is 4. The van der Waals surface area contributed by atoms with Gasteiger partial charge in [0.15, 0.2) is 11.5 Å². The van der Waals surface area contributed by atoms with Crippen molar-refractivity contribution in [3.63, 3.8) is 0 Å². The summed E-state index contributed by atoms with van der Waals surface area (Å²) < 4.78 is 10.5. The molecule has 3 rings (SSSR count). The number of hydrogen-bond acceptors (Lipinski definition) is 6. The highest BCUT2D eigenvalue weighted by Gasteiger charge is 2.14. The number of fused-ring (bicyclic) bond motifs is 1. The van der Waals surface area contributed by atoms with Crippen LogP contribution in [0.2, 0.25) is 5.02 Å². The molecule has 0 bridgehead atoms. The maximum Gasteiger partial charge on any atom is 0.294 e. The number of ether oxygens (including phenoxy) is 2. The molecule has 0 saturated carbocycles. The molecule has 8 heteroatoms. The molecule has 1 N–H and O–H groups in total. The van der Waals surface area contributed by atoms with Crippen LogP contribution in [0.5, 0.6) is 11.5 Å². The molecule has 0 aliphatic carbocycles. The maximum absolute atomic E-state index is 10.9. The van der Waals surface area contributed by atoms with Crippen LogP contribution in [-0.4, -0.2) is 17.9 Å². The second-order valence-corrected chi connectivity index (χ2v) is 4.84. The minimum atomic E-state index is -0.505. The van der Waals surface area contributed by atoms with Gasteiger partial charge in [0.1, 0.15) is 5.69 Å². The van der Waals surface area contributed by atoms with E-state index in [0.29, 0.717) is 16.5 Å². The van der Waals surface area contributed by atoms with Gasteiger partial charge in [-0.25, -0.2) is 0 Å². The number of hydrogen-bond donors (Lipinski definition) is 1. The van der Waals surface area contributed by atoms with E-state index in [1.807, 2.05) is 0 Å². The lowest BCUT2D eigenvalue weighted by Gasteiger charge is -2.02. The summed E-state index contributed by atoms with van der Waals surface area (Å²) in [5.41, 5.74) is 3.50. The van der Waals surface area contributed by atoms with Gasteiger partial charge >= 0.3 is 0 Å². The average molecular weight is 320 g/mol. The Kier molecular flexibility index (Phi) is 3.80. The summed E-state index contributed by atoms with van der Waals surface area (Å²) in [5.74, 6) is 1.31. The Hall–Kier alpha value is -2.80. The lowest BCUT2D eigenvalue weighted by Crippen LogP contribution is -1.97. The number of nitrogens with one attached hydrogen (secondary N) is 1. The van der Waals surface area contributed by atoms with Gasteiger partial charge in [-0.15, -0.1) is 0 Å². The smallest absolute Gasteiger partial charge is 0.294 e. The van der Waals surface area contributed by atoms with E-state index in [0.717, 1.165) is 5.56 Å². The Morgan fingerprint density at radius 3 is 2.86 bits per heavy atom. The summed E-state index contributed by atoms with van der Waals surface area (Å²) in [4.78, 5) is 10.4. The third-order valence-corrected chi connectivity index (χ3v) is 3.19. The summed E-state index contributed by atoms with van der Waals surface area (Å²) in [6.45, 7) is 0.197. The highest BCUT2D eigenvalue weighted by molar-refractivity contribution is 6.31. The third-order valence-electron chi connectivity index (χ3n) is 2.95. The van der Waals surface area contributed by atoms with Crippen molar-refractivity contribution in [2.75, 3.05) is 12.2 Å². The SMILES string of the molecule is O=[N+]([O-])c1ccc(Cl)cc1N/N=C\c1ccc2c(c1)OCO2. The first-order valence-electron chi connectivity index (χ1n) is 6.26. The van der Waals surface area contributed by atoms with E-state index in [1.54, 1.807) is 18.2 Å². The lowest BCUT2D eigenvalue weighted by atomic mass is 10.2. The minimum absolute atomic E-state index is 0.104. The average Bonchev–Trinajstić information content (AvgIpc) is 2.94. The van der Waals surface area contributed by atoms with E-state index in [-0.39, 0.29) is 18.2 Å². The van der Waals surface area contributed by atoms with Crippen LogP contribution >= 0.6 is 11.6 Å². The molecule has 0 radical (unpaired) electrons. The summed E-state index contributed by atoms with van der Waals surface area (Å²) in [5, 5.41) is 15.3. The summed E-state index contributed by atoms with van der Waals surface area (Å²) in [6.07, 6.45) is 1.52. The second kappa shape index (κ2) is 5.90. The van der Waals surface area contributed by atoms with Gasteiger partial charge in [-0.1, -0.05) is 11.6 Å². The zero-order valence-corrected chi connectivity index (χ0v) is 11.9. The first-order chi connectivity index (χ1) is 10.6. The number of anilines is 1. The fourth-order valence-corrected chi connectivity index (χ4v) is 2.10. The highest BCUT2D eigenvalue weighted by atomic mass is 35.5. The van der Waals surface area contributed by atoms with Gasteiger partial charge in [0, 0.05) is 11.1 Å². The molecule has 0 amide bonds. The van der Waals surface area contributed by atoms with Crippen molar-refractivity contribution in [1.29, 1.82) is 0 Å². The Bertz CT molecular complexity index is 764. The van der Waals surface area contributed by atoms with Crippen molar-refractivity contribution in [2.24, 2.45) is 5.10 Å². The van der Waals surface area contributed by atoms with Crippen LogP contribution < -0.4 is 14.9 Å². The van der Waals surface area contributed by atoms with Gasteiger partial charge < -0.3 is 9.47 Å². The molecule has 112 valence electrons. The molecule has 2 aromatic carbocycles. The Balaban J connectivity index is 1.77. The van der Waals surface area contributed by atoms with E-state index in [2.05, 4.69) is 10.5 Å². The summed E-state index contributed by atoms with van der Waals surface area (Å²) >= 11 is 5.84. The second-order valence-electron chi connectivity index (χ2n) is 4.40. The van der Waals surface area contributed by atoms with Gasteiger partial charge in [-0.05, 0) is 35.9 Å². The topological polar surface area (TPSA) is 86.0 Å². The van der Waals surface area contributed by atoms with Crippen LogP contribution in [0.25, 0.3) is 0 Å². The van der Waals surface area contributed by atoms with Crippen molar-refractivity contribution in [2.45, 2.75) is 0 Å². The zero-order chi connectivity index (χ0) is 15.5. The summed E-state index contributed by atoms with van der Waals surface area (Å²) in [6, 6.07) is 9.54. The largest absolute Gasteiger partial charge is 0.454 e. The molecule has 0 spiro atoms. The number of halogens is 1. The maximum atomic E-state index is 10.9. The van der Waals surface area contributed by atoms with Crippen LogP contribution in [0.15, 0.2) is 41.5 Å². The predicted molar refractivity (Wildman–Crippen MR) is 81.9 cm³/mol. The Morgan fingerprint density at radius 1 is 1.23 bits per heavy atom. The molecular formula is C14H10ClN3O4. The third kappa shape index (κ3) is 2.94. The predicted octanol–water partition coefficient (Wildman–Crippen LogP) is 3.42. The van der Waals surface area contributed by atoms with Gasteiger partial charge in [-0.2, -0.15) is 5.10 Å². The number of nitrogens with zero attached hydrogens (tertiary/aromatic N) is 2. The molecule has 7 nitrogen and oxygen atoms in total. The van der Waals surface area contributed by atoms with E-state index in [9.17, 15) is 10.1 Å². The molecule has 0 atom stereocenters. The molecule has 0 unspecified atom stereocenters. The van der Waals surface area contributed by atoms with E-state index in [1.165, 1.54) is 24.4 Å². The Labute approximate surface area is 130 Å².